The Kier molecular flexibility index (Phi) is 6.39. The molecule has 1 heterocycles. The molecule has 0 aromatic carbocycles. The molecule has 0 saturated carbocycles. The van der Waals surface area contributed by atoms with Gasteiger partial charge >= 0.3 is 0 Å². The summed E-state index contributed by atoms with van der Waals surface area (Å²) in [6.45, 7) is 5.62. The van der Waals surface area contributed by atoms with E-state index in [2.05, 4.69) is 5.32 Å². The summed E-state index contributed by atoms with van der Waals surface area (Å²) in [5.74, 6) is -0.0857. The molecule has 1 atom stereocenters. The highest BCUT2D eigenvalue weighted by Gasteiger charge is 2.34. The number of carbonyl (C=O) groups is 2. The minimum absolute atomic E-state index is 0.110. The third-order valence-corrected chi connectivity index (χ3v) is 4.54. The number of nitrogens with two attached hydrogens (primary N) is 1. The van der Waals surface area contributed by atoms with Gasteiger partial charge in [-0.2, -0.15) is 0 Å². The van der Waals surface area contributed by atoms with Gasteiger partial charge < -0.3 is 16.0 Å². The van der Waals surface area contributed by atoms with E-state index in [1.54, 1.807) is 6.92 Å². The van der Waals surface area contributed by atoms with Crippen LogP contribution in [0.15, 0.2) is 0 Å². The van der Waals surface area contributed by atoms with Gasteiger partial charge in [-0.15, -0.1) is 0 Å². The van der Waals surface area contributed by atoms with Crippen molar-refractivity contribution in [1.82, 2.24) is 10.2 Å². The summed E-state index contributed by atoms with van der Waals surface area (Å²) in [6, 6.07) is 0. The second-order valence-corrected chi connectivity index (χ2v) is 5.94. The molecule has 20 heavy (non-hydrogen) atoms. The molecule has 6 heteroatoms. The Bertz CT molecular complexity index is 381. The number of piperidine rings is 1. The maximum Gasteiger partial charge on any atom is 0.232 e. The van der Waals surface area contributed by atoms with Crippen LogP contribution in [0.3, 0.4) is 0 Å². The Morgan fingerprint density at radius 1 is 1.30 bits per heavy atom. The number of amides is 2. The summed E-state index contributed by atoms with van der Waals surface area (Å²) in [5, 5.41) is 2.77. The maximum atomic E-state index is 12.1. The van der Waals surface area contributed by atoms with E-state index >= 15 is 0 Å². The standard InChI is InChI=1S/C14H25N3O2S/c1-3-14(2,12(15)20)13(19)16-8-7-11(18)17-9-5-4-6-10-17/h3-10H2,1-2H3,(H2,15,20)(H,16,19). The molecular formula is C14H25N3O2S. The van der Waals surface area contributed by atoms with E-state index in [1.165, 1.54) is 6.42 Å². The number of rotatable bonds is 6. The largest absolute Gasteiger partial charge is 0.392 e. The molecule has 0 aliphatic carbocycles. The van der Waals surface area contributed by atoms with Gasteiger partial charge in [0.25, 0.3) is 0 Å². The van der Waals surface area contributed by atoms with E-state index in [9.17, 15) is 9.59 Å². The lowest BCUT2D eigenvalue weighted by atomic mass is 9.86. The monoisotopic (exact) mass is 299 g/mol. The second-order valence-electron chi connectivity index (χ2n) is 5.50. The van der Waals surface area contributed by atoms with Gasteiger partial charge in [-0.1, -0.05) is 19.1 Å². The molecule has 0 aromatic heterocycles. The number of likely N-dealkylation sites (tertiary alicyclic amines) is 1. The van der Waals surface area contributed by atoms with Crippen LogP contribution in [-0.4, -0.2) is 41.3 Å². The first-order chi connectivity index (χ1) is 9.41. The summed E-state index contributed by atoms with van der Waals surface area (Å²) in [7, 11) is 0. The summed E-state index contributed by atoms with van der Waals surface area (Å²) in [4.78, 5) is 26.1. The maximum absolute atomic E-state index is 12.1. The number of nitrogens with zero attached hydrogens (tertiary/aromatic N) is 1. The Morgan fingerprint density at radius 2 is 1.90 bits per heavy atom. The molecule has 0 radical (unpaired) electrons. The van der Waals surface area contributed by atoms with Crippen LogP contribution in [0.1, 0.15) is 46.0 Å². The first-order valence-corrected chi connectivity index (χ1v) is 7.68. The zero-order chi connectivity index (χ0) is 15.2. The number of thiocarbonyl (C=S) groups is 1. The van der Waals surface area contributed by atoms with E-state index in [4.69, 9.17) is 18.0 Å². The molecule has 1 aliphatic rings. The first-order valence-electron chi connectivity index (χ1n) is 7.27. The first kappa shape index (κ1) is 16.9. The van der Waals surface area contributed by atoms with Crippen molar-refractivity contribution in [2.75, 3.05) is 19.6 Å². The van der Waals surface area contributed by atoms with Crippen LogP contribution >= 0.6 is 12.2 Å². The highest BCUT2D eigenvalue weighted by Crippen LogP contribution is 2.21. The summed E-state index contributed by atoms with van der Waals surface area (Å²) in [5.41, 5.74) is 4.80. The van der Waals surface area contributed by atoms with E-state index in [1.807, 2.05) is 11.8 Å². The topological polar surface area (TPSA) is 75.4 Å². The van der Waals surface area contributed by atoms with E-state index in [0.29, 0.717) is 19.4 Å². The summed E-state index contributed by atoms with van der Waals surface area (Å²) in [6.07, 6.45) is 4.24. The van der Waals surface area contributed by atoms with Crippen molar-refractivity contribution < 1.29 is 9.59 Å². The fraction of sp³-hybridized carbons (Fsp3) is 0.786. The van der Waals surface area contributed by atoms with Crippen molar-refractivity contribution in [3.8, 4) is 0 Å². The molecule has 1 aliphatic heterocycles. The molecule has 1 fully saturated rings. The van der Waals surface area contributed by atoms with Crippen LogP contribution < -0.4 is 11.1 Å². The lowest BCUT2D eigenvalue weighted by Crippen LogP contribution is -2.47. The van der Waals surface area contributed by atoms with Crippen LogP contribution in [0.25, 0.3) is 0 Å². The molecule has 0 spiro atoms. The van der Waals surface area contributed by atoms with Crippen molar-refractivity contribution in [3.05, 3.63) is 0 Å². The molecule has 3 N–H and O–H groups in total. The average molecular weight is 299 g/mol. The molecular weight excluding hydrogens is 274 g/mol. The molecule has 5 nitrogen and oxygen atoms in total. The molecule has 1 unspecified atom stereocenters. The Hall–Kier alpha value is -1.17. The van der Waals surface area contributed by atoms with Crippen molar-refractivity contribution in [2.24, 2.45) is 11.1 Å². The van der Waals surface area contributed by atoms with Crippen molar-refractivity contribution in [1.29, 1.82) is 0 Å². The summed E-state index contributed by atoms with van der Waals surface area (Å²) < 4.78 is 0. The number of hydrogen-bond acceptors (Lipinski definition) is 3. The third-order valence-electron chi connectivity index (χ3n) is 4.09. The third kappa shape index (κ3) is 4.16. The average Bonchev–Trinajstić information content (AvgIpc) is 2.46. The number of carbonyl (C=O) groups excluding carboxylic acids is 2. The molecule has 1 saturated heterocycles. The molecule has 0 aromatic rings. The SMILES string of the molecule is CCC(C)(C(=O)NCCC(=O)N1CCCCC1)C(N)=S. The minimum atomic E-state index is -0.830. The van der Waals surface area contributed by atoms with Gasteiger partial charge in [0.15, 0.2) is 0 Å². The highest BCUT2D eigenvalue weighted by atomic mass is 32.1. The number of nitrogens with one attached hydrogen (secondary N) is 1. The normalized spacial score (nSPS) is 18.2. The van der Waals surface area contributed by atoms with Gasteiger partial charge in [0.05, 0.1) is 10.4 Å². The Labute approximate surface area is 126 Å². The molecule has 0 bridgehead atoms. The van der Waals surface area contributed by atoms with Crippen LogP contribution in [-0.2, 0) is 9.59 Å². The predicted octanol–water partition coefficient (Wildman–Crippen LogP) is 1.21. The van der Waals surface area contributed by atoms with E-state index in [0.717, 1.165) is 25.9 Å². The molecule has 114 valence electrons. The van der Waals surface area contributed by atoms with Crippen LogP contribution in [0.4, 0.5) is 0 Å². The number of hydrogen-bond donors (Lipinski definition) is 2. The predicted molar refractivity (Wildman–Crippen MR) is 83.2 cm³/mol. The van der Waals surface area contributed by atoms with Crippen molar-refractivity contribution in [3.63, 3.8) is 0 Å². The summed E-state index contributed by atoms with van der Waals surface area (Å²) >= 11 is 4.95. The quantitative estimate of drug-likeness (QED) is 0.723. The van der Waals surface area contributed by atoms with Gasteiger partial charge in [-0.05, 0) is 32.6 Å². The van der Waals surface area contributed by atoms with Gasteiger partial charge in [-0.3, -0.25) is 9.59 Å². The van der Waals surface area contributed by atoms with Gasteiger partial charge in [0.1, 0.15) is 0 Å². The Morgan fingerprint density at radius 3 is 2.40 bits per heavy atom. The molecule has 2 amide bonds. The minimum Gasteiger partial charge on any atom is -0.392 e. The lowest BCUT2D eigenvalue weighted by Gasteiger charge is -2.28. The van der Waals surface area contributed by atoms with E-state index < -0.39 is 5.41 Å². The van der Waals surface area contributed by atoms with Gasteiger partial charge in [0.2, 0.25) is 11.8 Å². The van der Waals surface area contributed by atoms with Crippen molar-refractivity contribution in [2.45, 2.75) is 46.0 Å². The second kappa shape index (κ2) is 7.57. The van der Waals surface area contributed by atoms with E-state index in [-0.39, 0.29) is 16.8 Å². The zero-order valence-electron chi connectivity index (χ0n) is 12.4. The van der Waals surface area contributed by atoms with Gasteiger partial charge in [-0.25, -0.2) is 0 Å². The zero-order valence-corrected chi connectivity index (χ0v) is 13.2. The lowest BCUT2D eigenvalue weighted by molar-refractivity contribution is -0.132. The Balaban J connectivity index is 2.37. The van der Waals surface area contributed by atoms with Gasteiger partial charge in [0, 0.05) is 26.1 Å². The smallest absolute Gasteiger partial charge is 0.232 e. The fourth-order valence-electron chi connectivity index (χ4n) is 2.23. The van der Waals surface area contributed by atoms with Crippen LogP contribution in [0.5, 0.6) is 0 Å². The van der Waals surface area contributed by atoms with Crippen LogP contribution in [0.2, 0.25) is 0 Å². The fourth-order valence-corrected chi connectivity index (χ4v) is 2.46. The highest BCUT2D eigenvalue weighted by molar-refractivity contribution is 7.80. The van der Waals surface area contributed by atoms with Crippen LogP contribution in [0, 0.1) is 5.41 Å². The molecule has 1 rings (SSSR count). The van der Waals surface area contributed by atoms with Crippen molar-refractivity contribution >= 4 is 29.0 Å².